The number of rotatable bonds is 5. The van der Waals surface area contributed by atoms with Gasteiger partial charge in [-0.25, -0.2) is 0 Å². The number of likely N-dealkylation sites (tertiary alicyclic amines) is 1. The fourth-order valence-corrected chi connectivity index (χ4v) is 7.29. The van der Waals surface area contributed by atoms with Gasteiger partial charge in [-0.1, -0.05) is 37.1 Å². The highest BCUT2D eigenvalue weighted by Gasteiger charge is 2.48. The van der Waals surface area contributed by atoms with Crippen molar-refractivity contribution >= 4 is 0 Å². The second-order valence-electron chi connectivity index (χ2n) is 11.2. The average Bonchev–Trinajstić information content (AvgIpc) is 3.07. The first-order valence-corrected chi connectivity index (χ1v) is 12.9. The van der Waals surface area contributed by atoms with E-state index in [2.05, 4.69) is 30.9 Å². The van der Waals surface area contributed by atoms with Crippen molar-refractivity contribution in [1.82, 2.24) is 4.90 Å². The van der Waals surface area contributed by atoms with Crippen LogP contribution in [0.1, 0.15) is 97.3 Å². The summed E-state index contributed by atoms with van der Waals surface area (Å²) in [4.78, 5) is 2.54. The molecule has 0 bridgehead atoms. The van der Waals surface area contributed by atoms with E-state index in [1.165, 1.54) is 57.1 Å². The van der Waals surface area contributed by atoms with Crippen LogP contribution in [-0.4, -0.2) is 46.5 Å². The highest BCUT2D eigenvalue weighted by Crippen LogP contribution is 2.58. The zero-order valence-corrected chi connectivity index (χ0v) is 19.5. The summed E-state index contributed by atoms with van der Waals surface area (Å²) in [5.74, 6) is 1.59. The van der Waals surface area contributed by atoms with E-state index in [0.717, 1.165) is 63.5 Å². The van der Waals surface area contributed by atoms with E-state index in [1.54, 1.807) is 5.57 Å². The highest BCUT2D eigenvalue weighted by atomic mass is 16.3. The maximum Gasteiger partial charge on any atom is 0.0771 e. The molecule has 30 heavy (non-hydrogen) atoms. The molecule has 0 radical (unpaired) electrons. The molecule has 0 amide bonds. The number of aliphatic hydroxyl groups is 2. The second-order valence-corrected chi connectivity index (χ2v) is 11.2. The maximum absolute atomic E-state index is 10.7. The minimum Gasteiger partial charge on any atom is -0.393 e. The van der Waals surface area contributed by atoms with Crippen molar-refractivity contribution in [2.45, 2.75) is 109 Å². The van der Waals surface area contributed by atoms with Gasteiger partial charge in [-0.05, 0) is 114 Å². The smallest absolute Gasteiger partial charge is 0.0771 e. The molecule has 0 aromatic heterocycles. The number of aliphatic hydroxyl groups excluding tert-OH is 1. The standard InChI is InChI=1S/C27H45NO2/c1-3-27(30)16-6-17-28(20-27)18-14-23-12-13-25-22(8-5-15-26(23,25)2)11-10-21-7-4-9-24(29)19-21/h10-11,23-25,29-30H,3-9,12-20H2,1-2H3/b21-10-,22-11+. The summed E-state index contributed by atoms with van der Waals surface area (Å²) in [6.07, 6.45) is 19.9. The van der Waals surface area contributed by atoms with Crippen molar-refractivity contribution in [3.63, 3.8) is 0 Å². The molecule has 1 heterocycles. The van der Waals surface area contributed by atoms with Crippen molar-refractivity contribution in [2.24, 2.45) is 17.3 Å². The molecule has 170 valence electrons. The number of β-amino-alcohol motifs (C(OH)–C–C–N with tert-alkyl or cyclic N) is 1. The van der Waals surface area contributed by atoms with E-state index >= 15 is 0 Å². The van der Waals surface area contributed by atoms with Crippen LogP contribution >= 0.6 is 0 Å². The summed E-state index contributed by atoms with van der Waals surface area (Å²) in [7, 11) is 0. The van der Waals surface area contributed by atoms with E-state index in [-0.39, 0.29) is 6.10 Å². The molecule has 5 unspecified atom stereocenters. The van der Waals surface area contributed by atoms with Gasteiger partial charge < -0.3 is 15.1 Å². The number of allylic oxidation sites excluding steroid dienone is 3. The van der Waals surface area contributed by atoms with Crippen LogP contribution in [0.4, 0.5) is 0 Å². The molecular formula is C27H45NO2. The topological polar surface area (TPSA) is 43.7 Å². The van der Waals surface area contributed by atoms with Gasteiger partial charge in [0.25, 0.3) is 0 Å². The third-order valence-corrected chi connectivity index (χ3v) is 9.31. The Kier molecular flexibility index (Phi) is 7.11. The summed E-state index contributed by atoms with van der Waals surface area (Å²) in [5, 5.41) is 20.7. The summed E-state index contributed by atoms with van der Waals surface area (Å²) in [6, 6.07) is 0. The van der Waals surface area contributed by atoms with Gasteiger partial charge in [0.1, 0.15) is 0 Å². The lowest BCUT2D eigenvalue weighted by molar-refractivity contribution is -0.0360. The minimum absolute atomic E-state index is 0.115. The van der Waals surface area contributed by atoms with Crippen LogP contribution in [0.5, 0.6) is 0 Å². The second kappa shape index (κ2) is 9.46. The van der Waals surface area contributed by atoms with Gasteiger partial charge in [0.2, 0.25) is 0 Å². The van der Waals surface area contributed by atoms with Crippen LogP contribution in [-0.2, 0) is 0 Å². The van der Waals surface area contributed by atoms with Crippen LogP contribution < -0.4 is 0 Å². The molecule has 0 spiro atoms. The largest absolute Gasteiger partial charge is 0.393 e. The molecule has 2 N–H and O–H groups in total. The zero-order chi connectivity index (χ0) is 21.2. The number of piperidine rings is 1. The molecule has 4 fully saturated rings. The average molecular weight is 416 g/mol. The molecule has 3 heteroatoms. The third kappa shape index (κ3) is 4.89. The van der Waals surface area contributed by atoms with Crippen LogP contribution in [0.2, 0.25) is 0 Å². The SMILES string of the molecule is CCC1(O)CCCN(CCC2CCC3/C(=C/C=C4/CCCC(O)C4)CCCC23C)C1. The number of nitrogens with zero attached hydrogens (tertiary/aromatic N) is 1. The van der Waals surface area contributed by atoms with E-state index in [9.17, 15) is 10.2 Å². The van der Waals surface area contributed by atoms with Crippen molar-refractivity contribution in [1.29, 1.82) is 0 Å². The first-order chi connectivity index (χ1) is 14.4. The molecule has 0 aromatic carbocycles. The predicted molar refractivity (Wildman–Crippen MR) is 124 cm³/mol. The van der Waals surface area contributed by atoms with Crippen LogP contribution in [0, 0.1) is 17.3 Å². The van der Waals surface area contributed by atoms with E-state index in [0.29, 0.717) is 5.41 Å². The monoisotopic (exact) mass is 415 g/mol. The molecule has 3 saturated carbocycles. The van der Waals surface area contributed by atoms with E-state index in [4.69, 9.17) is 0 Å². The Morgan fingerprint density at radius 2 is 1.93 bits per heavy atom. The van der Waals surface area contributed by atoms with Gasteiger partial charge in [-0.15, -0.1) is 0 Å². The van der Waals surface area contributed by atoms with E-state index in [1.807, 2.05) is 0 Å². The quantitative estimate of drug-likeness (QED) is 0.613. The number of hydrogen-bond donors (Lipinski definition) is 2. The minimum atomic E-state index is -0.443. The lowest BCUT2D eigenvalue weighted by atomic mass is 9.63. The fourth-order valence-electron chi connectivity index (χ4n) is 7.29. The molecule has 4 aliphatic rings. The van der Waals surface area contributed by atoms with Crippen molar-refractivity contribution in [3.05, 3.63) is 23.3 Å². The Bertz CT molecular complexity index is 655. The summed E-state index contributed by atoms with van der Waals surface area (Å²) >= 11 is 0. The normalized spacial score (nSPS) is 43.3. The molecule has 3 nitrogen and oxygen atoms in total. The zero-order valence-electron chi connectivity index (χ0n) is 19.5. The lowest BCUT2D eigenvalue weighted by Gasteiger charge is -2.44. The van der Waals surface area contributed by atoms with Gasteiger partial charge >= 0.3 is 0 Å². The van der Waals surface area contributed by atoms with Crippen molar-refractivity contribution in [3.8, 4) is 0 Å². The molecule has 3 aliphatic carbocycles. The predicted octanol–water partition coefficient (Wildman–Crippen LogP) is 5.62. The van der Waals surface area contributed by atoms with Crippen LogP contribution in [0.3, 0.4) is 0 Å². The summed E-state index contributed by atoms with van der Waals surface area (Å²) in [6.45, 7) is 7.92. The van der Waals surface area contributed by atoms with Crippen LogP contribution in [0.15, 0.2) is 23.3 Å². The molecule has 1 aliphatic heterocycles. The highest BCUT2D eigenvalue weighted by molar-refractivity contribution is 5.25. The Labute approximate surface area is 184 Å². The van der Waals surface area contributed by atoms with Gasteiger partial charge in [-0.2, -0.15) is 0 Å². The molecule has 4 rings (SSSR count). The Morgan fingerprint density at radius 1 is 1.07 bits per heavy atom. The van der Waals surface area contributed by atoms with E-state index < -0.39 is 5.60 Å². The Balaban J connectivity index is 1.38. The number of fused-ring (bicyclic) bond motifs is 1. The Hall–Kier alpha value is -0.640. The molecular weight excluding hydrogens is 370 g/mol. The first-order valence-electron chi connectivity index (χ1n) is 12.9. The third-order valence-electron chi connectivity index (χ3n) is 9.31. The lowest BCUT2D eigenvalue weighted by Crippen LogP contribution is -2.48. The maximum atomic E-state index is 10.7. The van der Waals surface area contributed by atoms with Crippen molar-refractivity contribution < 1.29 is 10.2 Å². The summed E-state index contributed by atoms with van der Waals surface area (Å²) < 4.78 is 0. The van der Waals surface area contributed by atoms with Gasteiger partial charge in [-0.3, -0.25) is 0 Å². The van der Waals surface area contributed by atoms with Crippen LogP contribution in [0.25, 0.3) is 0 Å². The molecule has 5 atom stereocenters. The number of hydrogen-bond acceptors (Lipinski definition) is 3. The van der Waals surface area contributed by atoms with Crippen molar-refractivity contribution in [2.75, 3.05) is 19.6 Å². The summed E-state index contributed by atoms with van der Waals surface area (Å²) in [5.41, 5.74) is 3.17. The van der Waals surface area contributed by atoms with Gasteiger partial charge in [0.05, 0.1) is 11.7 Å². The molecule has 0 aromatic rings. The fraction of sp³-hybridized carbons (Fsp3) is 0.852. The molecule has 1 saturated heterocycles. The first kappa shape index (κ1) is 22.6. The van der Waals surface area contributed by atoms with Gasteiger partial charge in [0, 0.05) is 6.54 Å². The van der Waals surface area contributed by atoms with Gasteiger partial charge in [0.15, 0.2) is 0 Å². The Morgan fingerprint density at radius 3 is 2.73 bits per heavy atom.